The van der Waals surface area contributed by atoms with E-state index in [1.165, 1.54) is 0 Å². The molecule has 0 saturated carbocycles. The molecular formula is C10H21ClN2O2. The summed E-state index contributed by atoms with van der Waals surface area (Å²) in [7, 11) is 0. The molecule has 0 aromatic rings. The number of halogens is 1. The van der Waals surface area contributed by atoms with Gasteiger partial charge < -0.3 is 15.4 Å². The SMILES string of the molecule is CC1CN(C(=O)C(C)CN)CC(C)O1.Cl. The van der Waals surface area contributed by atoms with E-state index in [1.54, 1.807) is 0 Å². The maximum absolute atomic E-state index is 11.8. The van der Waals surface area contributed by atoms with Crippen LogP contribution in [0.15, 0.2) is 0 Å². The first kappa shape index (κ1) is 14.7. The molecule has 0 aromatic heterocycles. The van der Waals surface area contributed by atoms with Crippen molar-refractivity contribution in [2.45, 2.75) is 33.0 Å². The van der Waals surface area contributed by atoms with Crippen LogP contribution in [0.1, 0.15) is 20.8 Å². The highest BCUT2D eigenvalue weighted by Gasteiger charge is 2.27. The van der Waals surface area contributed by atoms with Crippen molar-refractivity contribution in [2.24, 2.45) is 11.7 Å². The van der Waals surface area contributed by atoms with Crippen molar-refractivity contribution >= 4 is 18.3 Å². The lowest BCUT2D eigenvalue weighted by Crippen LogP contribution is -2.50. The molecule has 1 amide bonds. The Morgan fingerprint density at radius 1 is 1.47 bits per heavy atom. The van der Waals surface area contributed by atoms with E-state index in [4.69, 9.17) is 10.5 Å². The Kier molecular flexibility index (Phi) is 6.17. The number of carbonyl (C=O) groups is 1. The van der Waals surface area contributed by atoms with Gasteiger partial charge in [-0.15, -0.1) is 12.4 Å². The minimum absolute atomic E-state index is 0. The summed E-state index contributed by atoms with van der Waals surface area (Å²) >= 11 is 0. The van der Waals surface area contributed by atoms with Crippen LogP contribution in [0.3, 0.4) is 0 Å². The van der Waals surface area contributed by atoms with Crippen LogP contribution in [0.25, 0.3) is 0 Å². The van der Waals surface area contributed by atoms with Gasteiger partial charge in [-0.2, -0.15) is 0 Å². The lowest BCUT2D eigenvalue weighted by atomic mass is 10.1. The van der Waals surface area contributed by atoms with Crippen molar-refractivity contribution in [3.8, 4) is 0 Å². The maximum Gasteiger partial charge on any atom is 0.226 e. The van der Waals surface area contributed by atoms with Crippen LogP contribution in [-0.2, 0) is 9.53 Å². The van der Waals surface area contributed by atoms with E-state index in [0.29, 0.717) is 19.6 Å². The molecule has 3 atom stereocenters. The molecule has 1 rings (SSSR count). The van der Waals surface area contributed by atoms with E-state index in [2.05, 4.69) is 0 Å². The summed E-state index contributed by atoms with van der Waals surface area (Å²) < 4.78 is 5.55. The quantitative estimate of drug-likeness (QED) is 0.766. The zero-order valence-electron chi connectivity index (χ0n) is 9.60. The molecule has 1 heterocycles. The van der Waals surface area contributed by atoms with Gasteiger partial charge in [-0.1, -0.05) is 6.92 Å². The highest BCUT2D eigenvalue weighted by atomic mass is 35.5. The van der Waals surface area contributed by atoms with Gasteiger partial charge >= 0.3 is 0 Å². The van der Waals surface area contributed by atoms with Crippen LogP contribution >= 0.6 is 12.4 Å². The average molecular weight is 237 g/mol. The molecule has 0 aliphatic carbocycles. The topological polar surface area (TPSA) is 55.6 Å². The maximum atomic E-state index is 11.8. The standard InChI is InChI=1S/C10H20N2O2.ClH/c1-7(4-11)10(13)12-5-8(2)14-9(3)6-12;/h7-9H,4-6,11H2,1-3H3;1H. The molecule has 90 valence electrons. The van der Waals surface area contributed by atoms with E-state index in [9.17, 15) is 4.79 Å². The van der Waals surface area contributed by atoms with Crippen molar-refractivity contribution in [3.05, 3.63) is 0 Å². The Morgan fingerprint density at radius 3 is 2.33 bits per heavy atom. The fraction of sp³-hybridized carbons (Fsp3) is 0.900. The number of nitrogens with zero attached hydrogens (tertiary/aromatic N) is 1. The highest BCUT2D eigenvalue weighted by molar-refractivity contribution is 5.85. The van der Waals surface area contributed by atoms with Crippen LogP contribution in [0.2, 0.25) is 0 Å². The summed E-state index contributed by atoms with van der Waals surface area (Å²) in [6.07, 6.45) is 0.264. The highest BCUT2D eigenvalue weighted by Crippen LogP contribution is 2.13. The lowest BCUT2D eigenvalue weighted by molar-refractivity contribution is -0.146. The normalized spacial score (nSPS) is 28.1. The second-order valence-corrected chi connectivity index (χ2v) is 4.14. The number of carbonyl (C=O) groups excluding carboxylic acids is 1. The Balaban J connectivity index is 0.00000196. The Morgan fingerprint density at radius 2 is 1.93 bits per heavy atom. The number of rotatable bonds is 2. The van der Waals surface area contributed by atoms with E-state index >= 15 is 0 Å². The minimum atomic E-state index is -0.0764. The number of hydrogen-bond donors (Lipinski definition) is 1. The van der Waals surface area contributed by atoms with Crippen molar-refractivity contribution in [3.63, 3.8) is 0 Å². The number of morpholine rings is 1. The number of ether oxygens (including phenoxy) is 1. The molecule has 15 heavy (non-hydrogen) atoms. The third-order valence-electron chi connectivity index (χ3n) is 2.51. The fourth-order valence-corrected chi connectivity index (χ4v) is 1.77. The summed E-state index contributed by atoms with van der Waals surface area (Å²) in [6, 6.07) is 0. The summed E-state index contributed by atoms with van der Waals surface area (Å²) in [6.45, 7) is 7.64. The largest absolute Gasteiger partial charge is 0.372 e. The molecule has 1 fully saturated rings. The summed E-state index contributed by atoms with van der Waals surface area (Å²) in [4.78, 5) is 13.7. The smallest absolute Gasteiger partial charge is 0.226 e. The second-order valence-electron chi connectivity index (χ2n) is 4.14. The van der Waals surface area contributed by atoms with Crippen LogP contribution in [0.5, 0.6) is 0 Å². The van der Waals surface area contributed by atoms with Gasteiger partial charge in [0, 0.05) is 25.6 Å². The number of hydrogen-bond acceptors (Lipinski definition) is 3. The molecule has 2 N–H and O–H groups in total. The molecule has 1 saturated heterocycles. The molecule has 1 aliphatic heterocycles. The van der Waals surface area contributed by atoms with Crippen LogP contribution in [0.4, 0.5) is 0 Å². The number of amides is 1. The van der Waals surface area contributed by atoms with Gasteiger partial charge in [0.1, 0.15) is 0 Å². The third kappa shape index (κ3) is 3.97. The third-order valence-corrected chi connectivity index (χ3v) is 2.51. The average Bonchev–Trinajstić information content (AvgIpc) is 2.14. The molecule has 4 nitrogen and oxygen atoms in total. The van der Waals surface area contributed by atoms with Gasteiger partial charge in [-0.3, -0.25) is 4.79 Å². The molecule has 0 radical (unpaired) electrons. The van der Waals surface area contributed by atoms with Gasteiger partial charge in [0.05, 0.1) is 12.2 Å². The zero-order chi connectivity index (χ0) is 10.7. The van der Waals surface area contributed by atoms with Gasteiger partial charge in [-0.05, 0) is 13.8 Å². The molecular weight excluding hydrogens is 216 g/mol. The predicted octanol–water partition coefficient (Wildman–Crippen LogP) is 0.639. The molecule has 3 unspecified atom stereocenters. The molecule has 5 heteroatoms. The minimum Gasteiger partial charge on any atom is -0.372 e. The lowest BCUT2D eigenvalue weighted by Gasteiger charge is -2.36. The molecule has 0 spiro atoms. The van der Waals surface area contributed by atoms with Crippen molar-refractivity contribution in [1.29, 1.82) is 0 Å². The van der Waals surface area contributed by atoms with Gasteiger partial charge in [0.2, 0.25) is 5.91 Å². The van der Waals surface area contributed by atoms with Crippen molar-refractivity contribution in [1.82, 2.24) is 4.90 Å². The van der Waals surface area contributed by atoms with Crippen LogP contribution in [0, 0.1) is 5.92 Å². The number of nitrogens with two attached hydrogens (primary N) is 1. The van der Waals surface area contributed by atoms with Crippen LogP contribution in [-0.4, -0.2) is 42.6 Å². The van der Waals surface area contributed by atoms with Crippen LogP contribution < -0.4 is 5.73 Å². The monoisotopic (exact) mass is 236 g/mol. The first-order valence-corrected chi connectivity index (χ1v) is 5.19. The summed E-state index contributed by atoms with van der Waals surface area (Å²) in [5.74, 6) is 0.0713. The van der Waals surface area contributed by atoms with Gasteiger partial charge in [0.15, 0.2) is 0 Å². The second kappa shape index (κ2) is 6.30. The van der Waals surface area contributed by atoms with E-state index in [0.717, 1.165) is 0 Å². The van der Waals surface area contributed by atoms with E-state index in [-0.39, 0.29) is 36.4 Å². The first-order valence-electron chi connectivity index (χ1n) is 5.19. The first-order chi connectivity index (χ1) is 6.54. The van der Waals surface area contributed by atoms with Crippen molar-refractivity contribution in [2.75, 3.05) is 19.6 Å². The fourth-order valence-electron chi connectivity index (χ4n) is 1.77. The predicted molar refractivity (Wildman–Crippen MR) is 62.1 cm³/mol. The van der Waals surface area contributed by atoms with Gasteiger partial charge in [0.25, 0.3) is 0 Å². The summed E-state index contributed by atoms with van der Waals surface area (Å²) in [5.41, 5.74) is 5.47. The van der Waals surface area contributed by atoms with Gasteiger partial charge in [-0.25, -0.2) is 0 Å². The van der Waals surface area contributed by atoms with Crippen molar-refractivity contribution < 1.29 is 9.53 Å². The molecule has 0 bridgehead atoms. The Labute approximate surface area is 97.5 Å². The summed E-state index contributed by atoms with van der Waals surface area (Å²) in [5, 5.41) is 0. The molecule has 1 aliphatic rings. The Bertz CT molecular complexity index is 204. The van der Waals surface area contributed by atoms with E-state index < -0.39 is 0 Å². The molecule has 0 aromatic carbocycles. The van der Waals surface area contributed by atoms with E-state index in [1.807, 2.05) is 25.7 Å². The zero-order valence-corrected chi connectivity index (χ0v) is 10.4. The Hall–Kier alpha value is -0.320.